The number of ether oxygens (including phenoxy) is 1. The molecule has 0 radical (unpaired) electrons. The molecule has 1 rings (SSSR count). The Morgan fingerprint density at radius 1 is 1.15 bits per heavy atom. The number of hydrogen-bond donors (Lipinski definition) is 3. The van der Waals surface area contributed by atoms with E-state index >= 15 is 0 Å². The SMILES string of the molecule is COC(=O)[C@H](C)NC(=O)[C@@H](CC(N)=O)NC(=O)CCCc1ccc(Br)cc1. The second-order valence-corrected chi connectivity index (χ2v) is 6.94. The van der Waals surface area contributed by atoms with Gasteiger partial charge in [0.25, 0.3) is 0 Å². The molecule has 2 atom stereocenters. The van der Waals surface area contributed by atoms with Crippen LogP contribution in [0.1, 0.15) is 31.7 Å². The first-order chi connectivity index (χ1) is 12.7. The summed E-state index contributed by atoms with van der Waals surface area (Å²) in [6, 6.07) is 5.71. The Balaban J connectivity index is 2.54. The van der Waals surface area contributed by atoms with Crippen molar-refractivity contribution in [3.63, 3.8) is 0 Å². The van der Waals surface area contributed by atoms with Crippen LogP contribution in [-0.4, -0.2) is 42.9 Å². The molecule has 27 heavy (non-hydrogen) atoms. The van der Waals surface area contributed by atoms with Gasteiger partial charge in [0, 0.05) is 10.9 Å². The summed E-state index contributed by atoms with van der Waals surface area (Å²) in [5.74, 6) is -2.43. The number of nitrogens with one attached hydrogen (secondary N) is 2. The van der Waals surface area contributed by atoms with Crippen LogP contribution in [0.4, 0.5) is 0 Å². The second-order valence-electron chi connectivity index (χ2n) is 6.02. The van der Waals surface area contributed by atoms with Crippen molar-refractivity contribution in [1.29, 1.82) is 0 Å². The predicted octanol–water partition coefficient (Wildman–Crippen LogP) is 0.810. The molecule has 0 unspecified atom stereocenters. The highest BCUT2D eigenvalue weighted by Gasteiger charge is 2.26. The van der Waals surface area contributed by atoms with Crippen LogP contribution in [0.3, 0.4) is 0 Å². The minimum Gasteiger partial charge on any atom is -0.467 e. The zero-order chi connectivity index (χ0) is 20.4. The van der Waals surface area contributed by atoms with Crippen LogP contribution in [0.2, 0.25) is 0 Å². The molecule has 1 aromatic carbocycles. The Kier molecular flexibility index (Phi) is 9.49. The number of amides is 3. The summed E-state index contributed by atoms with van der Waals surface area (Å²) in [4.78, 5) is 46.9. The van der Waals surface area contributed by atoms with Crippen molar-refractivity contribution in [3.05, 3.63) is 34.3 Å². The maximum atomic E-state index is 12.2. The minimum atomic E-state index is -1.14. The van der Waals surface area contributed by atoms with Crippen molar-refractivity contribution in [1.82, 2.24) is 10.6 Å². The standard InChI is InChI=1S/C18H24BrN3O5/c1-11(18(26)27-2)21-17(25)14(10-15(20)23)22-16(24)5-3-4-12-6-8-13(19)9-7-12/h6-9,11,14H,3-5,10H2,1-2H3,(H2,20,23)(H,21,25)(H,22,24)/t11-,14+/m0/s1. The van der Waals surface area contributed by atoms with Crippen molar-refractivity contribution in [3.8, 4) is 0 Å². The Morgan fingerprint density at radius 3 is 2.33 bits per heavy atom. The summed E-state index contributed by atoms with van der Waals surface area (Å²) < 4.78 is 5.50. The van der Waals surface area contributed by atoms with Crippen LogP contribution < -0.4 is 16.4 Å². The maximum Gasteiger partial charge on any atom is 0.328 e. The molecule has 148 valence electrons. The molecule has 0 bridgehead atoms. The largest absolute Gasteiger partial charge is 0.467 e. The summed E-state index contributed by atoms with van der Waals surface area (Å²) in [5, 5.41) is 4.88. The number of benzene rings is 1. The van der Waals surface area contributed by atoms with E-state index in [-0.39, 0.29) is 18.7 Å². The number of nitrogens with two attached hydrogens (primary N) is 1. The van der Waals surface area contributed by atoms with Gasteiger partial charge in [-0.15, -0.1) is 0 Å². The molecule has 3 amide bonds. The molecule has 0 saturated heterocycles. The van der Waals surface area contributed by atoms with E-state index in [9.17, 15) is 19.2 Å². The van der Waals surface area contributed by atoms with Gasteiger partial charge in [0.1, 0.15) is 12.1 Å². The van der Waals surface area contributed by atoms with E-state index in [1.165, 1.54) is 14.0 Å². The second kappa shape index (κ2) is 11.3. The normalized spacial score (nSPS) is 12.6. The van der Waals surface area contributed by atoms with E-state index in [2.05, 4.69) is 31.3 Å². The number of carbonyl (C=O) groups excluding carboxylic acids is 4. The molecule has 0 aromatic heterocycles. The molecule has 0 saturated carbocycles. The van der Waals surface area contributed by atoms with E-state index in [0.29, 0.717) is 12.8 Å². The fraction of sp³-hybridized carbons (Fsp3) is 0.444. The zero-order valence-corrected chi connectivity index (χ0v) is 16.9. The van der Waals surface area contributed by atoms with Gasteiger partial charge in [-0.3, -0.25) is 14.4 Å². The summed E-state index contributed by atoms with van der Waals surface area (Å²) in [5.41, 5.74) is 6.23. The van der Waals surface area contributed by atoms with Crippen molar-refractivity contribution in [2.24, 2.45) is 5.73 Å². The molecular weight excluding hydrogens is 418 g/mol. The third-order valence-electron chi connectivity index (χ3n) is 3.75. The molecule has 0 aliphatic rings. The third kappa shape index (κ3) is 8.67. The number of rotatable bonds is 10. The number of carbonyl (C=O) groups is 4. The van der Waals surface area contributed by atoms with Crippen LogP contribution in [-0.2, 0) is 30.3 Å². The zero-order valence-electron chi connectivity index (χ0n) is 15.3. The lowest BCUT2D eigenvalue weighted by molar-refractivity contribution is -0.144. The lowest BCUT2D eigenvalue weighted by Crippen LogP contribution is -2.52. The number of esters is 1. The predicted molar refractivity (Wildman–Crippen MR) is 102 cm³/mol. The molecule has 4 N–H and O–H groups in total. The molecule has 0 heterocycles. The smallest absolute Gasteiger partial charge is 0.328 e. The van der Waals surface area contributed by atoms with Gasteiger partial charge in [0.05, 0.1) is 13.5 Å². The molecule has 0 aliphatic heterocycles. The van der Waals surface area contributed by atoms with E-state index < -0.39 is 29.9 Å². The lowest BCUT2D eigenvalue weighted by Gasteiger charge is -2.19. The average Bonchev–Trinajstić information content (AvgIpc) is 2.61. The molecular formula is C18H24BrN3O5. The third-order valence-corrected chi connectivity index (χ3v) is 4.28. The molecule has 8 nitrogen and oxygen atoms in total. The number of aryl methyl sites for hydroxylation is 1. The van der Waals surface area contributed by atoms with Gasteiger partial charge >= 0.3 is 5.97 Å². The quantitative estimate of drug-likeness (QED) is 0.462. The van der Waals surface area contributed by atoms with Gasteiger partial charge < -0.3 is 21.1 Å². The minimum absolute atomic E-state index is 0.186. The Morgan fingerprint density at radius 2 is 1.78 bits per heavy atom. The van der Waals surface area contributed by atoms with Gasteiger partial charge in [-0.05, 0) is 37.5 Å². The summed E-state index contributed by atoms with van der Waals surface area (Å²) in [6.07, 6.45) is 1.10. The van der Waals surface area contributed by atoms with Crippen LogP contribution in [0.5, 0.6) is 0 Å². The Bertz CT molecular complexity index is 678. The number of halogens is 1. The molecule has 1 aromatic rings. The summed E-state index contributed by atoms with van der Waals surface area (Å²) in [6.45, 7) is 1.44. The van der Waals surface area contributed by atoms with Gasteiger partial charge in [-0.25, -0.2) is 4.79 Å². The monoisotopic (exact) mass is 441 g/mol. The summed E-state index contributed by atoms with van der Waals surface area (Å²) in [7, 11) is 1.19. The Hall–Kier alpha value is -2.42. The molecule has 9 heteroatoms. The highest BCUT2D eigenvalue weighted by molar-refractivity contribution is 9.10. The number of methoxy groups -OCH3 is 1. The molecule has 0 fully saturated rings. The van der Waals surface area contributed by atoms with Gasteiger partial charge in [0.2, 0.25) is 17.7 Å². The highest BCUT2D eigenvalue weighted by Crippen LogP contribution is 2.12. The van der Waals surface area contributed by atoms with Crippen molar-refractivity contribution < 1.29 is 23.9 Å². The topological polar surface area (TPSA) is 128 Å². The first-order valence-corrected chi connectivity index (χ1v) is 9.22. The van der Waals surface area contributed by atoms with Crippen LogP contribution in [0.25, 0.3) is 0 Å². The first kappa shape index (κ1) is 22.6. The van der Waals surface area contributed by atoms with Crippen molar-refractivity contribution >= 4 is 39.6 Å². The highest BCUT2D eigenvalue weighted by atomic mass is 79.9. The number of hydrogen-bond acceptors (Lipinski definition) is 5. The van der Waals surface area contributed by atoms with Gasteiger partial charge in [-0.1, -0.05) is 28.1 Å². The van der Waals surface area contributed by atoms with Crippen molar-refractivity contribution in [2.45, 2.75) is 44.7 Å². The first-order valence-electron chi connectivity index (χ1n) is 8.43. The van der Waals surface area contributed by atoms with E-state index in [4.69, 9.17) is 5.73 Å². The maximum absolute atomic E-state index is 12.2. The molecule has 0 spiro atoms. The van der Waals surface area contributed by atoms with E-state index in [1.54, 1.807) is 0 Å². The molecule has 0 aliphatic carbocycles. The van der Waals surface area contributed by atoms with Crippen molar-refractivity contribution in [2.75, 3.05) is 7.11 Å². The average molecular weight is 442 g/mol. The lowest BCUT2D eigenvalue weighted by atomic mass is 10.1. The summed E-state index contributed by atoms with van der Waals surface area (Å²) >= 11 is 3.36. The van der Waals surface area contributed by atoms with Crippen LogP contribution >= 0.6 is 15.9 Å². The van der Waals surface area contributed by atoms with Crippen LogP contribution in [0, 0.1) is 0 Å². The van der Waals surface area contributed by atoms with E-state index in [0.717, 1.165) is 10.0 Å². The van der Waals surface area contributed by atoms with Gasteiger partial charge in [-0.2, -0.15) is 0 Å². The van der Waals surface area contributed by atoms with Gasteiger partial charge in [0.15, 0.2) is 0 Å². The fourth-order valence-electron chi connectivity index (χ4n) is 2.33. The van der Waals surface area contributed by atoms with Crippen LogP contribution in [0.15, 0.2) is 28.7 Å². The Labute approximate surface area is 166 Å². The number of primary amides is 1. The van der Waals surface area contributed by atoms with E-state index in [1.807, 2.05) is 24.3 Å². The fourth-order valence-corrected chi connectivity index (χ4v) is 2.60.